The Kier molecular flexibility index (Phi) is 5.87. The average Bonchev–Trinajstić information content (AvgIpc) is 2.87. The molecule has 0 atom stereocenters. The molecule has 6 nitrogen and oxygen atoms in total. The standard InChI is InChI=1S/C26H24FN4O2P/c27-23-10-7-19(15-24-21-3-1-2-4-22(21)26(32)30-29-24)16-25(23)34(33)13-11-31(12-14-34)20-8-5-18(17-28)6-9-20/h1-10,16,33-34H,11-15H2,(H,30,32). The molecule has 0 spiro atoms. The van der Waals surface area contributed by atoms with Crippen LogP contribution in [0.1, 0.15) is 16.8 Å². The average molecular weight is 474 g/mol. The minimum absolute atomic E-state index is 0.241. The molecule has 5 rings (SSSR count). The number of fused-ring (bicyclic) bond motifs is 1. The summed E-state index contributed by atoms with van der Waals surface area (Å²) in [5.74, 6) is -0.371. The zero-order chi connectivity index (χ0) is 23.7. The van der Waals surface area contributed by atoms with Crippen LogP contribution in [0.15, 0.2) is 71.5 Å². The molecule has 4 aromatic rings. The predicted molar refractivity (Wildman–Crippen MR) is 135 cm³/mol. The summed E-state index contributed by atoms with van der Waals surface area (Å²) in [6.45, 7) is 1.26. The summed E-state index contributed by atoms with van der Waals surface area (Å²) in [6.07, 6.45) is 1.47. The van der Waals surface area contributed by atoms with Crippen molar-refractivity contribution in [2.24, 2.45) is 0 Å². The number of anilines is 1. The van der Waals surface area contributed by atoms with Gasteiger partial charge in [-0.2, -0.15) is 0 Å². The second kappa shape index (κ2) is 8.98. The van der Waals surface area contributed by atoms with E-state index < -0.39 is 7.49 Å². The molecule has 34 heavy (non-hydrogen) atoms. The maximum atomic E-state index is 14.9. The Morgan fingerprint density at radius 2 is 1.76 bits per heavy atom. The molecule has 1 aliphatic rings. The van der Waals surface area contributed by atoms with Crippen LogP contribution in [0.3, 0.4) is 0 Å². The van der Waals surface area contributed by atoms with Crippen LogP contribution < -0.4 is 15.8 Å². The van der Waals surface area contributed by atoms with Crippen molar-refractivity contribution < 1.29 is 9.28 Å². The normalized spacial score (nSPS) is 16.2. The fraction of sp³-hybridized carbons (Fsp3) is 0.192. The van der Waals surface area contributed by atoms with Gasteiger partial charge in [0.1, 0.15) is 0 Å². The SMILES string of the molecule is N#Cc1ccc(N2CC[PH](O)(c3cc(Cc4n[nH]c(=O)c5ccccc45)ccc3F)CC2)cc1. The van der Waals surface area contributed by atoms with E-state index in [0.717, 1.165) is 16.6 Å². The quantitative estimate of drug-likeness (QED) is 0.443. The van der Waals surface area contributed by atoms with Crippen LogP contribution in [-0.4, -0.2) is 40.5 Å². The van der Waals surface area contributed by atoms with Gasteiger partial charge in [0, 0.05) is 0 Å². The molecule has 0 radical (unpaired) electrons. The van der Waals surface area contributed by atoms with Crippen LogP contribution in [0.25, 0.3) is 10.8 Å². The first-order chi connectivity index (χ1) is 16.5. The van der Waals surface area contributed by atoms with Gasteiger partial charge in [0.25, 0.3) is 0 Å². The van der Waals surface area contributed by atoms with Crippen LogP contribution >= 0.6 is 7.49 Å². The summed E-state index contributed by atoms with van der Waals surface area (Å²) in [6, 6.07) is 21.7. The summed E-state index contributed by atoms with van der Waals surface area (Å²) in [4.78, 5) is 25.8. The van der Waals surface area contributed by atoms with Crippen molar-refractivity contribution in [1.29, 1.82) is 5.26 Å². The molecule has 0 saturated carbocycles. The summed E-state index contributed by atoms with van der Waals surface area (Å²) in [5, 5.41) is 17.5. The molecular formula is C26H24FN4O2P. The minimum atomic E-state index is -3.01. The first-order valence-electron chi connectivity index (χ1n) is 11.2. The van der Waals surface area contributed by atoms with Crippen LogP contribution in [0.4, 0.5) is 10.1 Å². The zero-order valence-corrected chi connectivity index (χ0v) is 19.5. The molecule has 2 N–H and O–H groups in total. The molecule has 8 heteroatoms. The van der Waals surface area contributed by atoms with Gasteiger partial charge < -0.3 is 0 Å². The zero-order valence-electron chi connectivity index (χ0n) is 18.5. The first kappa shape index (κ1) is 22.2. The van der Waals surface area contributed by atoms with Crippen molar-refractivity contribution in [3.8, 4) is 6.07 Å². The van der Waals surface area contributed by atoms with Gasteiger partial charge in [-0.1, -0.05) is 0 Å². The van der Waals surface area contributed by atoms with Crippen LogP contribution in [0, 0.1) is 17.1 Å². The Morgan fingerprint density at radius 1 is 1.06 bits per heavy atom. The molecule has 0 bridgehead atoms. The van der Waals surface area contributed by atoms with Gasteiger partial charge in [0.15, 0.2) is 0 Å². The fourth-order valence-corrected chi connectivity index (χ4v) is 7.74. The van der Waals surface area contributed by atoms with Gasteiger partial charge in [-0.25, -0.2) is 0 Å². The van der Waals surface area contributed by atoms with Gasteiger partial charge in [-0.05, 0) is 0 Å². The Morgan fingerprint density at radius 3 is 2.47 bits per heavy atom. The van der Waals surface area contributed by atoms with Crippen LogP contribution in [-0.2, 0) is 6.42 Å². The van der Waals surface area contributed by atoms with Crippen molar-refractivity contribution >= 4 is 29.3 Å². The first-order valence-corrected chi connectivity index (χ1v) is 13.6. The number of halogens is 1. The monoisotopic (exact) mass is 474 g/mol. The van der Waals surface area contributed by atoms with Gasteiger partial charge >= 0.3 is 197 Å². The van der Waals surface area contributed by atoms with E-state index in [0.29, 0.717) is 53.8 Å². The molecular weight excluding hydrogens is 450 g/mol. The van der Waals surface area contributed by atoms with E-state index in [1.807, 2.05) is 30.3 Å². The molecule has 3 aromatic carbocycles. The molecule has 0 amide bonds. The molecule has 1 saturated heterocycles. The molecule has 1 aliphatic heterocycles. The molecule has 2 heterocycles. The van der Waals surface area contributed by atoms with E-state index in [2.05, 4.69) is 21.2 Å². The van der Waals surface area contributed by atoms with Crippen molar-refractivity contribution in [3.63, 3.8) is 0 Å². The number of aromatic nitrogens is 2. The van der Waals surface area contributed by atoms with E-state index in [9.17, 15) is 14.1 Å². The number of rotatable bonds is 4. The topological polar surface area (TPSA) is 93.0 Å². The third-order valence-electron chi connectivity index (χ3n) is 6.63. The Bertz CT molecular complexity index is 1450. The number of hydrogen-bond acceptors (Lipinski definition) is 5. The molecule has 1 aromatic heterocycles. The summed E-state index contributed by atoms with van der Waals surface area (Å²) >= 11 is 0. The van der Waals surface area contributed by atoms with Crippen molar-refractivity contribution in [1.82, 2.24) is 10.2 Å². The van der Waals surface area contributed by atoms with E-state index in [1.54, 1.807) is 30.3 Å². The van der Waals surface area contributed by atoms with Gasteiger partial charge in [0.2, 0.25) is 0 Å². The summed E-state index contributed by atoms with van der Waals surface area (Å²) < 4.78 is 14.9. The van der Waals surface area contributed by atoms with E-state index >= 15 is 0 Å². The molecule has 0 aliphatic carbocycles. The number of nitrogens with one attached hydrogen (secondary N) is 1. The summed E-state index contributed by atoms with van der Waals surface area (Å²) in [5.41, 5.74) is 2.92. The number of hydrogen-bond donors (Lipinski definition) is 2. The Balaban J connectivity index is 1.38. The molecule has 172 valence electrons. The third kappa shape index (κ3) is 4.19. The number of benzene rings is 3. The second-order valence-electron chi connectivity index (χ2n) is 8.71. The van der Waals surface area contributed by atoms with Gasteiger partial charge in [-0.15, -0.1) is 0 Å². The van der Waals surface area contributed by atoms with E-state index in [4.69, 9.17) is 5.26 Å². The van der Waals surface area contributed by atoms with Crippen molar-refractivity contribution in [2.45, 2.75) is 6.42 Å². The third-order valence-corrected chi connectivity index (χ3v) is 10.1. The number of nitriles is 1. The van der Waals surface area contributed by atoms with Crippen molar-refractivity contribution in [3.05, 3.63) is 99.7 Å². The predicted octanol–water partition coefficient (Wildman–Crippen LogP) is 3.33. The van der Waals surface area contributed by atoms with Crippen LogP contribution in [0.5, 0.6) is 0 Å². The maximum absolute atomic E-state index is 14.9. The van der Waals surface area contributed by atoms with Gasteiger partial charge in [-0.3, -0.25) is 0 Å². The van der Waals surface area contributed by atoms with Crippen molar-refractivity contribution in [2.75, 3.05) is 30.3 Å². The number of nitrogens with zero attached hydrogens (tertiary/aromatic N) is 3. The number of aromatic amines is 1. The second-order valence-corrected chi connectivity index (χ2v) is 12.3. The fourth-order valence-electron chi connectivity index (χ4n) is 4.69. The Labute approximate surface area is 196 Å². The molecule has 1 fully saturated rings. The molecule has 0 unspecified atom stereocenters. The van der Waals surface area contributed by atoms with Gasteiger partial charge in [0.05, 0.1) is 0 Å². The van der Waals surface area contributed by atoms with Crippen LogP contribution in [0.2, 0.25) is 0 Å². The Hall–Kier alpha value is -3.59. The van der Waals surface area contributed by atoms with E-state index in [-0.39, 0.29) is 11.4 Å². The van der Waals surface area contributed by atoms with E-state index in [1.165, 1.54) is 6.07 Å². The summed E-state index contributed by atoms with van der Waals surface area (Å²) in [7, 11) is -3.01. The number of H-pyrrole nitrogens is 1.